The number of benzene rings is 2. The second kappa shape index (κ2) is 9.24. The normalized spacial score (nSPS) is 16.0. The number of furan rings is 1. The van der Waals surface area contributed by atoms with E-state index in [-0.39, 0.29) is 24.3 Å². The Hall–Kier alpha value is -2.96. The van der Waals surface area contributed by atoms with Gasteiger partial charge in [0, 0.05) is 11.4 Å². The fourth-order valence-corrected chi connectivity index (χ4v) is 3.55. The van der Waals surface area contributed by atoms with Crippen LogP contribution in [-0.4, -0.2) is 29.7 Å². The first-order valence-corrected chi connectivity index (χ1v) is 10.1. The average molecular weight is 426 g/mol. The number of amides is 1. The van der Waals surface area contributed by atoms with Crippen LogP contribution in [0, 0.1) is 5.82 Å². The van der Waals surface area contributed by atoms with Gasteiger partial charge in [-0.25, -0.2) is 9.40 Å². The minimum Gasteiger partial charge on any atom is -0.467 e. The molecular weight excluding hydrogens is 405 g/mol. The zero-order valence-corrected chi connectivity index (χ0v) is 17.0. The molecule has 0 unspecified atom stereocenters. The van der Waals surface area contributed by atoms with Crippen molar-refractivity contribution >= 4 is 23.2 Å². The topological polar surface area (TPSA) is 57.8 Å². The quantitative estimate of drug-likeness (QED) is 0.563. The number of hydrogen-bond acceptors (Lipinski definition) is 4. The molecule has 0 aliphatic carbocycles. The van der Waals surface area contributed by atoms with Gasteiger partial charge in [0.25, 0.3) is 5.91 Å². The summed E-state index contributed by atoms with van der Waals surface area (Å²) in [5.41, 5.74) is 2.75. The van der Waals surface area contributed by atoms with Crippen LogP contribution in [0.5, 0.6) is 0 Å². The molecule has 0 saturated carbocycles. The molecule has 0 saturated heterocycles. The van der Waals surface area contributed by atoms with Crippen LogP contribution in [0.1, 0.15) is 29.3 Å². The second-order valence-electron chi connectivity index (χ2n) is 7.08. The fourth-order valence-electron chi connectivity index (χ4n) is 3.42. The highest BCUT2D eigenvalue weighted by Crippen LogP contribution is 2.33. The zero-order valence-electron chi connectivity index (χ0n) is 16.2. The van der Waals surface area contributed by atoms with E-state index in [1.54, 1.807) is 24.5 Å². The third-order valence-electron chi connectivity index (χ3n) is 4.99. The summed E-state index contributed by atoms with van der Waals surface area (Å²) in [4.78, 5) is 12.9. The lowest BCUT2D eigenvalue weighted by molar-refractivity contribution is -0.132. The van der Waals surface area contributed by atoms with Crippen molar-refractivity contribution in [1.82, 2.24) is 10.3 Å². The predicted octanol–water partition coefficient (Wildman–Crippen LogP) is 4.58. The maximum absolute atomic E-state index is 13.0. The van der Waals surface area contributed by atoms with Crippen LogP contribution in [0.3, 0.4) is 0 Å². The smallest absolute Gasteiger partial charge is 0.257 e. The summed E-state index contributed by atoms with van der Waals surface area (Å²) in [5, 5.41) is 9.88. The summed E-state index contributed by atoms with van der Waals surface area (Å²) in [5.74, 6) is 0.302. The molecule has 0 radical (unpaired) electrons. The van der Waals surface area contributed by atoms with Crippen LogP contribution >= 0.6 is 11.6 Å². The molecule has 1 aliphatic heterocycles. The molecule has 4 rings (SSSR count). The zero-order chi connectivity index (χ0) is 20.9. The molecule has 1 aliphatic rings. The van der Waals surface area contributed by atoms with Crippen molar-refractivity contribution < 1.29 is 13.6 Å². The van der Waals surface area contributed by atoms with E-state index < -0.39 is 0 Å². The molecule has 1 N–H and O–H groups in total. The van der Waals surface area contributed by atoms with Crippen molar-refractivity contribution in [3.05, 3.63) is 94.7 Å². The molecule has 3 aromatic rings. The molecule has 5 nitrogen and oxygen atoms in total. The van der Waals surface area contributed by atoms with E-state index in [0.29, 0.717) is 30.2 Å². The molecular formula is C23H21ClFN3O2. The Morgan fingerprint density at radius 1 is 1.17 bits per heavy atom. The Morgan fingerprint density at radius 3 is 2.63 bits per heavy atom. The van der Waals surface area contributed by atoms with E-state index in [4.69, 9.17) is 16.0 Å². The lowest BCUT2D eigenvalue weighted by atomic mass is 10.0. The third kappa shape index (κ3) is 4.78. The SMILES string of the molecule is O=C(CNCCc1ccc(F)cc1)N1N=C(c2ccc(Cl)cc2)C[C@H]1c1ccco1. The molecule has 7 heteroatoms. The fraction of sp³-hybridized carbons (Fsp3) is 0.217. The third-order valence-corrected chi connectivity index (χ3v) is 5.25. The number of halogens is 2. The van der Waals surface area contributed by atoms with Gasteiger partial charge in [0.2, 0.25) is 0 Å². The van der Waals surface area contributed by atoms with Crippen molar-refractivity contribution in [1.29, 1.82) is 0 Å². The van der Waals surface area contributed by atoms with Crippen LogP contribution < -0.4 is 5.32 Å². The predicted molar refractivity (Wildman–Crippen MR) is 114 cm³/mol. The first-order chi connectivity index (χ1) is 14.6. The van der Waals surface area contributed by atoms with E-state index in [0.717, 1.165) is 16.8 Å². The highest BCUT2D eigenvalue weighted by molar-refractivity contribution is 6.30. The number of carbonyl (C=O) groups excluding carboxylic acids is 1. The van der Waals surface area contributed by atoms with Crippen molar-refractivity contribution in [2.75, 3.05) is 13.1 Å². The monoisotopic (exact) mass is 425 g/mol. The Kier molecular flexibility index (Phi) is 6.26. The molecule has 2 aromatic carbocycles. The summed E-state index contributed by atoms with van der Waals surface area (Å²) in [6, 6.07) is 17.2. The van der Waals surface area contributed by atoms with Crippen molar-refractivity contribution in [2.24, 2.45) is 5.10 Å². The van der Waals surface area contributed by atoms with Gasteiger partial charge in [0.1, 0.15) is 17.6 Å². The maximum Gasteiger partial charge on any atom is 0.257 e. The molecule has 1 atom stereocenters. The van der Waals surface area contributed by atoms with Gasteiger partial charge in [-0.3, -0.25) is 4.79 Å². The first kappa shape index (κ1) is 20.3. The van der Waals surface area contributed by atoms with E-state index in [9.17, 15) is 9.18 Å². The number of hydrazone groups is 1. The van der Waals surface area contributed by atoms with Crippen LogP contribution in [0.15, 0.2) is 76.4 Å². The minimum absolute atomic E-state index is 0.139. The van der Waals surface area contributed by atoms with Gasteiger partial charge < -0.3 is 9.73 Å². The van der Waals surface area contributed by atoms with Gasteiger partial charge in [0.05, 0.1) is 18.5 Å². The van der Waals surface area contributed by atoms with Gasteiger partial charge in [-0.2, -0.15) is 5.10 Å². The second-order valence-corrected chi connectivity index (χ2v) is 7.52. The summed E-state index contributed by atoms with van der Waals surface area (Å²) < 4.78 is 18.5. The van der Waals surface area contributed by atoms with E-state index in [2.05, 4.69) is 10.4 Å². The van der Waals surface area contributed by atoms with E-state index >= 15 is 0 Å². The van der Waals surface area contributed by atoms with E-state index in [1.807, 2.05) is 30.3 Å². The molecule has 0 fully saturated rings. The molecule has 1 amide bonds. The van der Waals surface area contributed by atoms with Gasteiger partial charge in [-0.1, -0.05) is 35.9 Å². The Balaban J connectivity index is 1.41. The number of nitrogens with zero attached hydrogens (tertiary/aromatic N) is 2. The van der Waals surface area contributed by atoms with Gasteiger partial charge in [-0.05, 0) is 60.5 Å². The molecule has 1 aromatic heterocycles. The Labute approximate surface area is 179 Å². The lowest BCUT2D eigenvalue weighted by Gasteiger charge is -2.20. The molecule has 2 heterocycles. The highest BCUT2D eigenvalue weighted by Gasteiger charge is 2.34. The van der Waals surface area contributed by atoms with Crippen LogP contribution in [0.2, 0.25) is 5.02 Å². The van der Waals surface area contributed by atoms with Gasteiger partial charge in [0.15, 0.2) is 0 Å². The Morgan fingerprint density at radius 2 is 1.93 bits per heavy atom. The number of carbonyl (C=O) groups is 1. The van der Waals surface area contributed by atoms with Crippen molar-refractivity contribution in [3.8, 4) is 0 Å². The van der Waals surface area contributed by atoms with Gasteiger partial charge in [-0.15, -0.1) is 0 Å². The first-order valence-electron chi connectivity index (χ1n) is 9.74. The van der Waals surface area contributed by atoms with Crippen LogP contribution in [-0.2, 0) is 11.2 Å². The summed E-state index contributed by atoms with van der Waals surface area (Å²) >= 11 is 5.98. The summed E-state index contributed by atoms with van der Waals surface area (Å²) in [7, 11) is 0. The van der Waals surface area contributed by atoms with Gasteiger partial charge >= 0.3 is 0 Å². The largest absolute Gasteiger partial charge is 0.467 e. The Bertz CT molecular complexity index is 1020. The van der Waals surface area contributed by atoms with Crippen LogP contribution in [0.4, 0.5) is 4.39 Å². The van der Waals surface area contributed by atoms with Crippen LogP contribution in [0.25, 0.3) is 0 Å². The summed E-state index contributed by atoms with van der Waals surface area (Å²) in [6.45, 7) is 0.750. The molecule has 154 valence electrons. The number of nitrogens with one attached hydrogen (secondary N) is 1. The standard InChI is InChI=1S/C23H21ClFN3O2/c24-18-7-5-17(6-8-18)20-14-21(22-2-1-13-30-22)28(27-20)23(29)15-26-12-11-16-3-9-19(25)10-4-16/h1-10,13,21,26H,11-12,14-15H2/t21-/m0/s1. The summed E-state index contributed by atoms with van der Waals surface area (Å²) in [6.07, 6.45) is 2.87. The molecule has 30 heavy (non-hydrogen) atoms. The van der Waals surface area contributed by atoms with Crippen molar-refractivity contribution in [3.63, 3.8) is 0 Å². The number of rotatable bonds is 7. The highest BCUT2D eigenvalue weighted by atomic mass is 35.5. The van der Waals surface area contributed by atoms with E-state index in [1.165, 1.54) is 17.1 Å². The number of hydrogen-bond donors (Lipinski definition) is 1. The maximum atomic E-state index is 13.0. The lowest BCUT2D eigenvalue weighted by Crippen LogP contribution is -2.36. The molecule has 0 bridgehead atoms. The minimum atomic E-state index is -0.280. The van der Waals surface area contributed by atoms with Crippen molar-refractivity contribution in [2.45, 2.75) is 18.9 Å². The molecule has 0 spiro atoms. The average Bonchev–Trinajstić information content (AvgIpc) is 3.43.